The Morgan fingerprint density at radius 1 is 1.56 bits per heavy atom. The molecule has 0 radical (unpaired) electrons. The molecule has 0 saturated heterocycles. The Bertz CT molecular complexity index is 423. The maximum absolute atomic E-state index is 11.5. The second-order valence-electron chi connectivity index (χ2n) is 4.91. The van der Waals surface area contributed by atoms with Crippen molar-refractivity contribution in [3.05, 3.63) is 17.5 Å². The minimum Gasteiger partial charge on any atom is -0.368 e. The Labute approximate surface area is 108 Å². The van der Waals surface area contributed by atoms with Gasteiger partial charge >= 0.3 is 0 Å². The molecule has 1 atom stereocenters. The number of hydrogen-bond acceptors (Lipinski definition) is 3. The molecule has 0 aromatic carbocycles. The third-order valence-corrected chi connectivity index (χ3v) is 3.35. The monoisotopic (exact) mass is 250 g/mol. The Morgan fingerprint density at radius 3 is 2.78 bits per heavy atom. The first-order chi connectivity index (χ1) is 8.63. The van der Waals surface area contributed by atoms with E-state index in [-0.39, 0.29) is 11.9 Å². The van der Waals surface area contributed by atoms with Gasteiger partial charge in [-0.1, -0.05) is 13.8 Å². The summed E-state index contributed by atoms with van der Waals surface area (Å²) in [4.78, 5) is 11.5. The van der Waals surface area contributed by atoms with Gasteiger partial charge in [-0.05, 0) is 31.7 Å². The molecule has 1 aromatic rings. The average Bonchev–Trinajstić information content (AvgIpc) is 3.07. The van der Waals surface area contributed by atoms with Crippen molar-refractivity contribution in [1.29, 1.82) is 0 Å². The van der Waals surface area contributed by atoms with Gasteiger partial charge in [-0.15, -0.1) is 0 Å². The SMILES string of the molecule is CCc1cc(CC)n(CC(NC2CC2)C(N)=O)n1. The van der Waals surface area contributed by atoms with E-state index in [2.05, 4.69) is 30.3 Å². The quantitative estimate of drug-likeness (QED) is 0.745. The summed E-state index contributed by atoms with van der Waals surface area (Å²) < 4.78 is 1.92. The van der Waals surface area contributed by atoms with Crippen molar-refractivity contribution in [2.75, 3.05) is 0 Å². The number of carbonyl (C=O) groups excluding carboxylic acids is 1. The molecule has 1 aliphatic rings. The molecule has 0 aliphatic heterocycles. The molecule has 5 heteroatoms. The number of nitrogens with zero attached hydrogens (tertiary/aromatic N) is 2. The molecule has 1 amide bonds. The summed E-state index contributed by atoms with van der Waals surface area (Å²) in [6.07, 6.45) is 4.12. The highest BCUT2D eigenvalue weighted by atomic mass is 16.1. The van der Waals surface area contributed by atoms with Crippen molar-refractivity contribution < 1.29 is 4.79 Å². The standard InChI is InChI=1S/C13H22N4O/c1-3-9-7-11(4-2)17(16-9)8-12(13(14)18)15-10-5-6-10/h7,10,12,15H,3-6,8H2,1-2H3,(H2,14,18). The topological polar surface area (TPSA) is 72.9 Å². The molecular weight excluding hydrogens is 228 g/mol. The third kappa shape index (κ3) is 3.10. The van der Waals surface area contributed by atoms with Crippen LogP contribution in [0, 0.1) is 0 Å². The molecule has 1 heterocycles. The number of hydrogen-bond donors (Lipinski definition) is 2. The normalized spacial score (nSPS) is 16.8. The Balaban J connectivity index is 2.08. The Kier molecular flexibility index (Phi) is 4.01. The van der Waals surface area contributed by atoms with Gasteiger partial charge in [0, 0.05) is 11.7 Å². The van der Waals surface area contributed by atoms with E-state index in [1.54, 1.807) is 0 Å². The predicted octanol–water partition coefficient (Wildman–Crippen LogP) is 0.614. The molecular formula is C13H22N4O. The van der Waals surface area contributed by atoms with Gasteiger partial charge in [0.25, 0.3) is 0 Å². The summed E-state index contributed by atoms with van der Waals surface area (Å²) in [5.41, 5.74) is 7.68. The molecule has 100 valence electrons. The van der Waals surface area contributed by atoms with Crippen LogP contribution in [0.4, 0.5) is 0 Å². The maximum Gasteiger partial charge on any atom is 0.236 e. The van der Waals surface area contributed by atoms with Crippen LogP contribution in [0.15, 0.2) is 6.07 Å². The molecule has 0 spiro atoms. The first-order valence-electron chi connectivity index (χ1n) is 6.75. The minimum atomic E-state index is -0.313. The van der Waals surface area contributed by atoms with Crippen molar-refractivity contribution in [3.63, 3.8) is 0 Å². The largest absolute Gasteiger partial charge is 0.368 e. The number of aromatic nitrogens is 2. The molecule has 1 saturated carbocycles. The molecule has 18 heavy (non-hydrogen) atoms. The van der Waals surface area contributed by atoms with Crippen LogP contribution in [0.2, 0.25) is 0 Å². The zero-order valence-corrected chi connectivity index (χ0v) is 11.1. The van der Waals surface area contributed by atoms with Crippen molar-refractivity contribution >= 4 is 5.91 Å². The smallest absolute Gasteiger partial charge is 0.236 e. The minimum absolute atomic E-state index is 0.294. The fraction of sp³-hybridized carbons (Fsp3) is 0.692. The summed E-state index contributed by atoms with van der Waals surface area (Å²) in [7, 11) is 0. The maximum atomic E-state index is 11.5. The van der Waals surface area contributed by atoms with Gasteiger partial charge in [0.2, 0.25) is 5.91 Å². The number of nitrogens with one attached hydrogen (secondary N) is 1. The lowest BCUT2D eigenvalue weighted by Gasteiger charge is -2.16. The van der Waals surface area contributed by atoms with Crippen molar-refractivity contribution in [2.45, 2.75) is 58.2 Å². The van der Waals surface area contributed by atoms with Crippen LogP contribution in [-0.4, -0.2) is 27.8 Å². The van der Waals surface area contributed by atoms with Crippen molar-refractivity contribution in [3.8, 4) is 0 Å². The Morgan fingerprint density at radius 2 is 2.28 bits per heavy atom. The van der Waals surface area contributed by atoms with E-state index in [1.165, 1.54) is 0 Å². The van der Waals surface area contributed by atoms with E-state index in [9.17, 15) is 4.79 Å². The molecule has 0 bridgehead atoms. The van der Waals surface area contributed by atoms with E-state index in [1.807, 2.05) is 4.68 Å². The number of primary amides is 1. The molecule has 1 unspecified atom stereocenters. The lowest BCUT2D eigenvalue weighted by molar-refractivity contribution is -0.120. The summed E-state index contributed by atoms with van der Waals surface area (Å²) in [6, 6.07) is 2.26. The van der Waals surface area contributed by atoms with E-state index in [4.69, 9.17) is 5.73 Å². The van der Waals surface area contributed by atoms with Crippen LogP contribution in [0.3, 0.4) is 0 Å². The van der Waals surface area contributed by atoms with E-state index in [0.717, 1.165) is 37.1 Å². The summed E-state index contributed by atoms with van der Waals surface area (Å²) in [5, 5.41) is 7.80. The summed E-state index contributed by atoms with van der Waals surface area (Å²) >= 11 is 0. The van der Waals surface area contributed by atoms with Gasteiger partial charge in [0.1, 0.15) is 6.04 Å². The Hall–Kier alpha value is -1.36. The van der Waals surface area contributed by atoms with E-state index < -0.39 is 0 Å². The highest BCUT2D eigenvalue weighted by molar-refractivity contribution is 5.79. The first kappa shape index (κ1) is 13.1. The zero-order valence-electron chi connectivity index (χ0n) is 11.1. The van der Waals surface area contributed by atoms with Gasteiger partial charge in [-0.25, -0.2) is 0 Å². The number of carbonyl (C=O) groups is 1. The number of aryl methyl sites for hydroxylation is 2. The van der Waals surface area contributed by atoms with Gasteiger partial charge in [0.15, 0.2) is 0 Å². The van der Waals surface area contributed by atoms with Crippen LogP contribution < -0.4 is 11.1 Å². The van der Waals surface area contributed by atoms with E-state index >= 15 is 0 Å². The highest BCUT2D eigenvalue weighted by Gasteiger charge is 2.28. The summed E-state index contributed by atoms with van der Waals surface area (Å²) in [5.74, 6) is -0.294. The van der Waals surface area contributed by atoms with Gasteiger partial charge in [-0.2, -0.15) is 5.10 Å². The lowest BCUT2D eigenvalue weighted by Crippen LogP contribution is -2.45. The average molecular weight is 250 g/mol. The zero-order chi connectivity index (χ0) is 13.1. The number of nitrogens with two attached hydrogens (primary N) is 1. The molecule has 1 fully saturated rings. The van der Waals surface area contributed by atoms with Crippen LogP contribution >= 0.6 is 0 Å². The van der Waals surface area contributed by atoms with Crippen LogP contribution in [-0.2, 0) is 24.2 Å². The second kappa shape index (κ2) is 5.52. The number of amides is 1. The molecule has 3 N–H and O–H groups in total. The fourth-order valence-corrected chi connectivity index (χ4v) is 2.06. The fourth-order valence-electron chi connectivity index (χ4n) is 2.06. The molecule has 5 nitrogen and oxygen atoms in total. The van der Waals surface area contributed by atoms with Crippen molar-refractivity contribution in [1.82, 2.24) is 15.1 Å². The van der Waals surface area contributed by atoms with Gasteiger partial charge in [0.05, 0.1) is 12.2 Å². The highest BCUT2D eigenvalue weighted by Crippen LogP contribution is 2.19. The van der Waals surface area contributed by atoms with Gasteiger partial charge in [-0.3, -0.25) is 9.48 Å². The van der Waals surface area contributed by atoms with Crippen LogP contribution in [0.1, 0.15) is 38.1 Å². The number of rotatable bonds is 7. The van der Waals surface area contributed by atoms with Crippen LogP contribution in [0.5, 0.6) is 0 Å². The van der Waals surface area contributed by atoms with Gasteiger partial charge < -0.3 is 11.1 Å². The van der Waals surface area contributed by atoms with E-state index in [0.29, 0.717) is 12.6 Å². The van der Waals surface area contributed by atoms with Crippen molar-refractivity contribution in [2.24, 2.45) is 5.73 Å². The molecule has 1 aliphatic carbocycles. The first-order valence-corrected chi connectivity index (χ1v) is 6.75. The molecule has 2 rings (SSSR count). The molecule has 1 aromatic heterocycles. The van der Waals surface area contributed by atoms with Crippen LogP contribution in [0.25, 0.3) is 0 Å². The third-order valence-electron chi connectivity index (χ3n) is 3.35. The summed E-state index contributed by atoms with van der Waals surface area (Å²) in [6.45, 7) is 4.72. The lowest BCUT2D eigenvalue weighted by atomic mass is 10.2. The second-order valence-corrected chi connectivity index (χ2v) is 4.91. The predicted molar refractivity (Wildman–Crippen MR) is 70.1 cm³/mol.